The van der Waals surface area contributed by atoms with Crippen molar-refractivity contribution in [3.63, 3.8) is 0 Å². The zero-order valence-electron chi connectivity index (χ0n) is 8.79. The van der Waals surface area contributed by atoms with Crippen LogP contribution in [0.4, 0.5) is 0 Å². The summed E-state index contributed by atoms with van der Waals surface area (Å²) in [6.45, 7) is 5.10. The van der Waals surface area contributed by atoms with Gasteiger partial charge in [-0.15, -0.1) is 0 Å². The van der Waals surface area contributed by atoms with Crippen LogP contribution in [-0.4, -0.2) is 46.1 Å². The van der Waals surface area contributed by atoms with E-state index in [1.165, 1.54) is 6.26 Å². The third kappa shape index (κ3) is 6.01. The highest BCUT2D eigenvalue weighted by Gasteiger charge is 2.14. The van der Waals surface area contributed by atoms with E-state index in [1.807, 2.05) is 14.0 Å². The molecule has 2 atom stereocenters. The molecule has 0 saturated carbocycles. The first-order valence-corrected chi connectivity index (χ1v) is 6.40. The van der Waals surface area contributed by atoms with Crippen molar-refractivity contribution in [2.45, 2.75) is 25.1 Å². The van der Waals surface area contributed by atoms with Crippen LogP contribution in [0.25, 0.3) is 0 Å². The molecule has 80 valence electrons. The minimum atomic E-state index is -2.90. The zero-order valence-corrected chi connectivity index (χ0v) is 9.61. The SMILES string of the molecule is CNCC(C)NCC(C)S(C)(=O)=O. The van der Waals surface area contributed by atoms with Gasteiger partial charge in [0, 0.05) is 25.4 Å². The largest absolute Gasteiger partial charge is 0.318 e. The monoisotopic (exact) mass is 208 g/mol. The standard InChI is InChI=1S/C8H20N2O2S/c1-7(5-9-3)10-6-8(2)13(4,11)12/h7-10H,5-6H2,1-4H3. The summed E-state index contributed by atoms with van der Waals surface area (Å²) in [5.41, 5.74) is 0. The summed E-state index contributed by atoms with van der Waals surface area (Å²) in [6.07, 6.45) is 1.27. The molecule has 0 aliphatic carbocycles. The van der Waals surface area contributed by atoms with Crippen LogP contribution in [-0.2, 0) is 9.84 Å². The summed E-state index contributed by atoms with van der Waals surface area (Å²) in [5, 5.41) is 5.85. The third-order valence-electron chi connectivity index (χ3n) is 1.99. The van der Waals surface area contributed by atoms with Crippen LogP contribution in [0.2, 0.25) is 0 Å². The smallest absolute Gasteiger partial charge is 0.151 e. The Morgan fingerprint density at radius 1 is 1.23 bits per heavy atom. The minimum Gasteiger partial charge on any atom is -0.318 e. The van der Waals surface area contributed by atoms with Crippen molar-refractivity contribution in [3.05, 3.63) is 0 Å². The van der Waals surface area contributed by atoms with Gasteiger partial charge >= 0.3 is 0 Å². The topological polar surface area (TPSA) is 58.2 Å². The predicted molar refractivity (Wildman–Crippen MR) is 55.7 cm³/mol. The van der Waals surface area contributed by atoms with E-state index in [9.17, 15) is 8.42 Å². The van der Waals surface area contributed by atoms with E-state index in [2.05, 4.69) is 10.6 Å². The molecule has 4 nitrogen and oxygen atoms in total. The van der Waals surface area contributed by atoms with Crippen LogP contribution in [0.1, 0.15) is 13.8 Å². The van der Waals surface area contributed by atoms with E-state index in [0.29, 0.717) is 12.6 Å². The number of nitrogens with one attached hydrogen (secondary N) is 2. The number of sulfone groups is 1. The second kappa shape index (κ2) is 5.57. The predicted octanol–water partition coefficient (Wildman–Crippen LogP) is -0.383. The maximum atomic E-state index is 11.0. The quantitative estimate of drug-likeness (QED) is 0.624. The van der Waals surface area contributed by atoms with E-state index < -0.39 is 9.84 Å². The lowest BCUT2D eigenvalue weighted by molar-refractivity contribution is 0.514. The summed E-state index contributed by atoms with van der Waals surface area (Å²) < 4.78 is 22.1. The Balaban J connectivity index is 3.77. The maximum Gasteiger partial charge on any atom is 0.151 e. The van der Waals surface area contributed by atoms with Crippen molar-refractivity contribution in [2.24, 2.45) is 0 Å². The molecule has 0 rings (SSSR count). The third-order valence-corrected chi connectivity index (χ3v) is 3.62. The summed E-state index contributed by atoms with van der Waals surface area (Å²) >= 11 is 0. The normalized spacial score (nSPS) is 16.9. The summed E-state index contributed by atoms with van der Waals surface area (Å²) in [5.74, 6) is 0. The molecule has 0 aromatic heterocycles. The molecule has 0 aliphatic rings. The molecule has 0 aromatic carbocycles. The molecule has 0 saturated heterocycles. The van der Waals surface area contributed by atoms with Crippen LogP contribution in [0.3, 0.4) is 0 Å². The van der Waals surface area contributed by atoms with Gasteiger partial charge in [-0.25, -0.2) is 8.42 Å². The van der Waals surface area contributed by atoms with E-state index in [1.54, 1.807) is 6.92 Å². The highest BCUT2D eigenvalue weighted by atomic mass is 32.2. The lowest BCUT2D eigenvalue weighted by Gasteiger charge is -2.16. The Bertz CT molecular complexity index is 226. The van der Waals surface area contributed by atoms with Gasteiger partial charge in [0.15, 0.2) is 9.84 Å². The van der Waals surface area contributed by atoms with Gasteiger partial charge in [0.05, 0.1) is 5.25 Å². The van der Waals surface area contributed by atoms with Gasteiger partial charge < -0.3 is 10.6 Å². The summed E-state index contributed by atoms with van der Waals surface area (Å²) in [7, 11) is -1.02. The second-order valence-corrected chi connectivity index (χ2v) is 5.97. The van der Waals surface area contributed by atoms with E-state index in [0.717, 1.165) is 6.54 Å². The molecule has 2 N–H and O–H groups in total. The molecule has 0 aromatic rings. The number of rotatable bonds is 6. The molecule has 0 spiro atoms. The molecule has 5 heteroatoms. The van der Waals surface area contributed by atoms with E-state index >= 15 is 0 Å². The van der Waals surface area contributed by atoms with Crippen molar-refractivity contribution in [1.29, 1.82) is 0 Å². The Morgan fingerprint density at radius 3 is 2.15 bits per heavy atom. The molecule has 2 unspecified atom stereocenters. The molecule has 0 fully saturated rings. The second-order valence-electron chi connectivity index (χ2n) is 3.51. The van der Waals surface area contributed by atoms with E-state index in [-0.39, 0.29) is 5.25 Å². The highest BCUT2D eigenvalue weighted by molar-refractivity contribution is 7.91. The molecule has 0 heterocycles. The first-order valence-electron chi connectivity index (χ1n) is 4.44. The van der Waals surface area contributed by atoms with Crippen molar-refractivity contribution >= 4 is 9.84 Å². The Labute approximate surface area is 81.0 Å². The van der Waals surface area contributed by atoms with Crippen molar-refractivity contribution in [3.8, 4) is 0 Å². The van der Waals surface area contributed by atoms with Gasteiger partial charge in [-0.2, -0.15) is 0 Å². The number of likely N-dealkylation sites (N-methyl/N-ethyl adjacent to an activating group) is 1. The molecule has 0 bridgehead atoms. The van der Waals surface area contributed by atoms with Gasteiger partial charge in [-0.05, 0) is 20.9 Å². The molecule has 13 heavy (non-hydrogen) atoms. The lowest BCUT2D eigenvalue weighted by atomic mass is 10.3. The van der Waals surface area contributed by atoms with Crippen LogP contribution in [0, 0.1) is 0 Å². The fourth-order valence-corrected chi connectivity index (χ4v) is 1.30. The van der Waals surface area contributed by atoms with Gasteiger partial charge in [-0.3, -0.25) is 0 Å². The Hall–Kier alpha value is -0.130. The average molecular weight is 208 g/mol. The fourth-order valence-electron chi connectivity index (χ4n) is 0.897. The lowest BCUT2D eigenvalue weighted by Crippen LogP contribution is -2.40. The van der Waals surface area contributed by atoms with Gasteiger partial charge in [0.25, 0.3) is 0 Å². The van der Waals surface area contributed by atoms with Crippen LogP contribution in [0.5, 0.6) is 0 Å². The van der Waals surface area contributed by atoms with Crippen molar-refractivity contribution < 1.29 is 8.42 Å². The Kier molecular flexibility index (Phi) is 5.51. The molecule has 0 aliphatic heterocycles. The maximum absolute atomic E-state index is 11.0. The number of hydrogen-bond donors (Lipinski definition) is 2. The van der Waals surface area contributed by atoms with Gasteiger partial charge in [-0.1, -0.05) is 0 Å². The van der Waals surface area contributed by atoms with Crippen LogP contribution >= 0.6 is 0 Å². The molecule has 0 radical (unpaired) electrons. The highest BCUT2D eigenvalue weighted by Crippen LogP contribution is 1.95. The molecule has 0 amide bonds. The van der Waals surface area contributed by atoms with Crippen molar-refractivity contribution in [2.75, 3.05) is 26.4 Å². The van der Waals surface area contributed by atoms with Crippen LogP contribution in [0.15, 0.2) is 0 Å². The summed E-state index contributed by atoms with van der Waals surface area (Å²) in [6, 6.07) is 0.300. The van der Waals surface area contributed by atoms with Gasteiger partial charge in [0.1, 0.15) is 0 Å². The zero-order chi connectivity index (χ0) is 10.5. The molecular weight excluding hydrogens is 188 g/mol. The Morgan fingerprint density at radius 2 is 1.77 bits per heavy atom. The summed E-state index contributed by atoms with van der Waals surface area (Å²) in [4.78, 5) is 0. The first kappa shape index (κ1) is 12.9. The molecular formula is C8H20N2O2S. The van der Waals surface area contributed by atoms with Crippen LogP contribution < -0.4 is 10.6 Å². The van der Waals surface area contributed by atoms with Crippen molar-refractivity contribution in [1.82, 2.24) is 10.6 Å². The first-order chi connectivity index (χ1) is 5.88. The number of hydrogen-bond acceptors (Lipinski definition) is 4. The average Bonchev–Trinajstić information content (AvgIpc) is 1.99. The fraction of sp³-hybridized carbons (Fsp3) is 1.00. The van der Waals surface area contributed by atoms with Gasteiger partial charge in [0.2, 0.25) is 0 Å². The minimum absolute atomic E-state index is 0.300. The van der Waals surface area contributed by atoms with E-state index in [4.69, 9.17) is 0 Å².